The molecule has 11 heteroatoms. The number of rotatable bonds is 43. The number of nitrogens with one attached hydrogen (secondary N) is 1. The zero-order valence-electron chi connectivity index (χ0n) is 39.1. The van der Waals surface area contributed by atoms with E-state index in [0.717, 1.165) is 70.6 Å². The van der Waals surface area contributed by atoms with Crippen LogP contribution < -0.4 is 5.32 Å². The highest BCUT2D eigenvalue weighted by Gasteiger charge is 2.44. The van der Waals surface area contributed by atoms with E-state index in [-0.39, 0.29) is 18.5 Å². The second kappa shape index (κ2) is 41.1. The van der Waals surface area contributed by atoms with Crippen molar-refractivity contribution < 1.29 is 49.3 Å². The van der Waals surface area contributed by atoms with Gasteiger partial charge in [0.1, 0.15) is 24.4 Å². The highest BCUT2D eigenvalue weighted by Crippen LogP contribution is 2.23. The second-order valence-electron chi connectivity index (χ2n) is 17.9. The lowest BCUT2D eigenvalue weighted by atomic mass is 9.99. The van der Waals surface area contributed by atoms with Gasteiger partial charge in [-0.15, -0.1) is 0 Å². The van der Waals surface area contributed by atoms with Crippen molar-refractivity contribution in [3.63, 3.8) is 0 Å². The van der Waals surface area contributed by atoms with Crippen LogP contribution in [0.4, 0.5) is 0 Å². The summed E-state index contributed by atoms with van der Waals surface area (Å²) in [5, 5.41) is 54.1. The highest BCUT2D eigenvalue weighted by atomic mass is 16.7. The van der Waals surface area contributed by atoms with E-state index in [1.165, 1.54) is 135 Å². The summed E-state index contributed by atoms with van der Waals surface area (Å²) in [6.07, 6.45) is 34.3. The molecule has 0 aliphatic carbocycles. The van der Waals surface area contributed by atoms with Gasteiger partial charge in [0.15, 0.2) is 6.29 Å². The molecule has 7 unspecified atom stereocenters. The number of unbranched alkanes of at least 4 members (excludes halogenated alkanes) is 29. The summed E-state index contributed by atoms with van der Waals surface area (Å²) in [6, 6.07) is -0.816. The van der Waals surface area contributed by atoms with Gasteiger partial charge in [-0.2, -0.15) is 0 Å². The first kappa shape index (κ1) is 57.4. The number of hydrogen-bond acceptors (Lipinski definition) is 10. The maximum absolute atomic E-state index is 12.9. The van der Waals surface area contributed by atoms with Gasteiger partial charge in [0, 0.05) is 12.8 Å². The summed E-state index contributed by atoms with van der Waals surface area (Å²) in [6.45, 7) is 4.26. The molecule has 0 aromatic heterocycles. The SMILES string of the molecule is CCCCCCCCC/C=C/C(O)C(COC1OC(CO)C(O)C(O)C1O)NC(=O)CCCCCCCCCCCCCCCOC(=O)CCCCCCCCCCCCC. The van der Waals surface area contributed by atoms with Gasteiger partial charge in [0.05, 0.1) is 32.0 Å². The number of amides is 1. The molecule has 1 heterocycles. The predicted molar refractivity (Wildman–Crippen MR) is 246 cm³/mol. The number of aliphatic hydroxyl groups excluding tert-OH is 5. The molecule has 0 saturated carbocycles. The number of carbonyl (C=O) groups excluding carboxylic acids is 2. The van der Waals surface area contributed by atoms with Gasteiger partial charge in [0.25, 0.3) is 0 Å². The lowest BCUT2D eigenvalue weighted by molar-refractivity contribution is -0.302. The van der Waals surface area contributed by atoms with Crippen LogP contribution >= 0.6 is 0 Å². The van der Waals surface area contributed by atoms with Crippen LogP contribution in [0.2, 0.25) is 0 Å². The number of ether oxygens (including phenoxy) is 3. The van der Waals surface area contributed by atoms with Crippen LogP contribution in [0.1, 0.15) is 232 Å². The molecule has 1 aliphatic heterocycles. The smallest absolute Gasteiger partial charge is 0.305 e. The molecule has 1 rings (SSSR count). The normalized spacial score (nSPS) is 20.3. The van der Waals surface area contributed by atoms with Gasteiger partial charge in [-0.3, -0.25) is 9.59 Å². The van der Waals surface area contributed by atoms with Crippen LogP contribution in [0.15, 0.2) is 12.2 Å². The second-order valence-corrected chi connectivity index (χ2v) is 17.9. The molecule has 0 spiro atoms. The summed E-state index contributed by atoms with van der Waals surface area (Å²) in [4.78, 5) is 25.0. The summed E-state index contributed by atoms with van der Waals surface area (Å²) in [5.41, 5.74) is 0. The zero-order valence-corrected chi connectivity index (χ0v) is 39.1. The standard InChI is InChI=1S/C50H95NO10/c1-3-5-7-9-11-13-17-22-26-30-34-38-46(55)59-39-35-31-27-23-19-16-14-15-18-21-25-29-33-37-45(54)51-42(43(53)36-32-28-24-20-12-10-8-6-4-2)41-60-50-49(58)48(57)47(56)44(40-52)61-50/h32,36,42-44,47-50,52-53,56-58H,3-31,33-35,37-41H2,1-2H3,(H,51,54)/b36-32+. The maximum atomic E-state index is 12.9. The monoisotopic (exact) mass is 870 g/mol. The van der Waals surface area contributed by atoms with Gasteiger partial charge in [-0.25, -0.2) is 0 Å². The molecule has 7 atom stereocenters. The summed E-state index contributed by atoms with van der Waals surface area (Å²) in [7, 11) is 0. The third-order valence-corrected chi connectivity index (χ3v) is 12.2. The van der Waals surface area contributed by atoms with Crippen molar-refractivity contribution in [1.29, 1.82) is 0 Å². The van der Waals surface area contributed by atoms with E-state index in [1.807, 2.05) is 6.08 Å². The van der Waals surface area contributed by atoms with Crippen LogP contribution in [0.25, 0.3) is 0 Å². The van der Waals surface area contributed by atoms with Crippen LogP contribution in [-0.4, -0.2) is 100 Å². The Labute approximate surface area is 372 Å². The van der Waals surface area contributed by atoms with Gasteiger partial charge in [-0.1, -0.05) is 199 Å². The fraction of sp³-hybridized carbons (Fsp3) is 0.920. The van der Waals surface area contributed by atoms with E-state index in [9.17, 15) is 35.1 Å². The molecule has 1 saturated heterocycles. The van der Waals surface area contributed by atoms with E-state index in [1.54, 1.807) is 6.08 Å². The fourth-order valence-electron chi connectivity index (χ4n) is 8.02. The number of aliphatic hydroxyl groups is 5. The van der Waals surface area contributed by atoms with E-state index in [2.05, 4.69) is 19.2 Å². The van der Waals surface area contributed by atoms with Crippen LogP contribution in [0, 0.1) is 0 Å². The molecule has 1 aliphatic rings. The Morgan fingerprint density at radius 3 is 1.52 bits per heavy atom. The lowest BCUT2D eigenvalue weighted by Gasteiger charge is -2.40. The van der Waals surface area contributed by atoms with Crippen molar-refractivity contribution in [1.82, 2.24) is 5.32 Å². The minimum Gasteiger partial charge on any atom is -0.466 e. The highest BCUT2D eigenvalue weighted by molar-refractivity contribution is 5.76. The molecule has 6 N–H and O–H groups in total. The molecule has 0 aromatic rings. The number of hydrogen-bond donors (Lipinski definition) is 6. The summed E-state index contributed by atoms with van der Waals surface area (Å²) < 4.78 is 16.6. The Morgan fingerprint density at radius 2 is 1.03 bits per heavy atom. The topological polar surface area (TPSA) is 175 Å². The van der Waals surface area contributed by atoms with Crippen molar-refractivity contribution in [3.8, 4) is 0 Å². The van der Waals surface area contributed by atoms with Gasteiger partial charge < -0.3 is 45.1 Å². The van der Waals surface area contributed by atoms with E-state index in [0.29, 0.717) is 19.4 Å². The van der Waals surface area contributed by atoms with Crippen molar-refractivity contribution >= 4 is 11.9 Å². The van der Waals surface area contributed by atoms with Gasteiger partial charge in [-0.05, 0) is 32.1 Å². The molecular formula is C50H95NO10. The summed E-state index contributed by atoms with van der Waals surface area (Å²) >= 11 is 0. The van der Waals surface area contributed by atoms with Crippen molar-refractivity contribution in [2.75, 3.05) is 19.8 Å². The average Bonchev–Trinajstić information content (AvgIpc) is 3.25. The molecule has 11 nitrogen and oxygen atoms in total. The first-order valence-corrected chi connectivity index (χ1v) is 25.5. The molecule has 1 amide bonds. The molecule has 0 aromatic carbocycles. The molecular weight excluding hydrogens is 775 g/mol. The largest absolute Gasteiger partial charge is 0.466 e. The van der Waals surface area contributed by atoms with Gasteiger partial charge >= 0.3 is 5.97 Å². The number of allylic oxidation sites excluding steroid dienone is 1. The van der Waals surface area contributed by atoms with Gasteiger partial charge in [0.2, 0.25) is 5.91 Å². The Kier molecular flexibility index (Phi) is 38.7. The van der Waals surface area contributed by atoms with E-state index < -0.39 is 49.5 Å². The van der Waals surface area contributed by atoms with Crippen molar-refractivity contribution in [2.24, 2.45) is 0 Å². The molecule has 1 fully saturated rings. The Hall–Kier alpha value is -1.60. The first-order valence-electron chi connectivity index (χ1n) is 25.5. The average molecular weight is 870 g/mol. The zero-order chi connectivity index (χ0) is 44.6. The third-order valence-electron chi connectivity index (χ3n) is 12.2. The Morgan fingerprint density at radius 1 is 0.590 bits per heavy atom. The third kappa shape index (κ3) is 31.8. The summed E-state index contributed by atoms with van der Waals surface area (Å²) in [5.74, 6) is -0.225. The van der Waals surface area contributed by atoms with Crippen molar-refractivity contribution in [2.45, 2.75) is 275 Å². The molecule has 0 radical (unpaired) electrons. The fourth-order valence-corrected chi connectivity index (χ4v) is 8.02. The quantitative estimate of drug-likeness (QED) is 0.0197. The lowest BCUT2D eigenvalue weighted by Crippen LogP contribution is -2.60. The first-order chi connectivity index (χ1) is 29.7. The van der Waals surface area contributed by atoms with Crippen LogP contribution in [0.5, 0.6) is 0 Å². The molecule has 360 valence electrons. The minimum absolute atomic E-state index is 0.0284. The Balaban J connectivity index is 2.14. The van der Waals surface area contributed by atoms with Crippen LogP contribution in [-0.2, 0) is 23.8 Å². The number of carbonyl (C=O) groups is 2. The maximum Gasteiger partial charge on any atom is 0.305 e. The minimum atomic E-state index is -1.57. The number of esters is 1. The molecule has 61 heavy (non-hydrogen) atoms. The van der Waals surface area contributed by atoms with Crippen LogP contribution in [0.3, 0.4) is 0 Å². The molecule has 0 bridgehead atoms. The van der Waals surface area contributed by atoms with Crippen molar-refractivity contribution in [3.05, 3.63) is 12.2 Å². The Bertz CT molecular complexity index is 1030. The van der Waals surface area contributed by atoms with E-state index >= 15 is 0 Å². The predicted octanol–water partition coefficient (Wildman–Crippen LogP) is 10.1. The van der Waals surface area contributed by atoms with E-state index in [4.69, 9.17) is 14.2 Å².